The van der Waals surface area contributed by atoms with Crippen molar-refractivity contribution in [2.24, 2.45) is 0 Å². The van der Waals surface area contributed by atoms with E-state index in [0.29, 0.717) is 0 Å². The van der Waals surface area contributed by atoms with Crippen LogP contribution in [0.5, 0.6) is 0 Å². The van der Waals surface area contributed by atoms with E-state index in [-0.39, 0.29) is 11.4 Å². The number of nitrogens with zero attached hydrogens (tertiary/aromatic N) is 3. The SMILES string of the molecule is O[C@@H]1CCCC[C@H]1Sc1nnc2ccccn12. The molecule has 2 aromatic heterocycles. The van der Waals surface area contributed by atoms with Crippen LogP contribution in [0.15, 0.2) is 29.6 Å². The van der Waals surface area contributed by atoms with Crippen molar-refractivity contribution < 1.29 is 5.11 Å². The third-order valence-corrected chi connectivity index (χ3v) is 4.55. The topological polar surface area (TPSA) is 50.4 Å². The normalized spacial score (nSPS) is 25.2. The summed E-state index contributed by atoms with van der Waals surface area (Å²) in [7, 11) is 0. The van der Waals surface area contributed by atoms with Gasteiger partial charge in [0, 0.05) is 11.4 Å². The molecule has 0 saturated heterocycles. The predicted molar refractivity (Wildman–Crippen MR) is 67.1 cm³/mol. The van der Waals surface area contributed by atoms with E-state index < -0.39 is 0 Å². The molecular weight excluding hydrogens is 234 g/mol. The first-order chi connectivity index (χ1) is 8.34. The van der Waals surface area contributed by atoms with Crippen LogP contribution < -0.4 is 0 Å². The van der Waals surface area contributed by atoms with Crippen molar-refractivity contribution in [3.63, 3.8) is 0 Å². The smallest absolute Gasteiger partial charge is 0.195 e. The van der Waals surface area contributed by atoms with Gasteiger partial charge in [-0.25, -0.2) is 0 Å². The molecule has 0 aromatic carbocycles. The maximum absolute atomic E-state index is 9.96. The van der Waals surface area contributed by atoms with Crippen molar-refractivity contribution in [1.82, 2.24) is 14.6 Å². The number of fused-ring (bicyclic) bond motifs is 1. The van der Waals surface area contributed by atoms with Gasteiger partial charge < -0.3 is 5.11 Å². The molecule has 1 N–H and O–H groups in total. The van der Waals surface area contributed by atoms with Gasteiger partial charge in [0.2, 0.25) is 0 Å². The molecule has 4 nitrogen and oxygen atoms in total. The minimum Gasteiger partial charge on any atom is -0.392 e. The van der Waals surface area contributed by atoms with E-state index in [1.807, 2.05) is 28.8 Å². The number of aliphatic hydroxyl groups is 1. The molecule has 2 atom stereocenters. The Morgan fingerprint density at radius 3 is 3.00 bits per heavy atom. The summed E-state index contributed by atoms with van der Waals surface area (Å²) < 4.78 is 1.98. The third-order valence-electron chi connectivity index (χ3n) is 3.21. The van der Waals surface area contributed by atoms with Crippen LogP contribution in [0.25, 0.3) is 5.65 Å². The Morgan fingerprint density at radius 1 is 1.24 bits per heavy atom. The van der Waals surface area contributed by atoms with Crippen LogP contribution in [-0.2, 0) is 0 Å². The standard InChI is InChI=1S/C12H15N3OS/c16-9-5-1-2-6-10(9)17-12-14-13-11-7-3-4-8-15(11)12/h3-4,7-10,16H,1-2,5-6H2/t9-,10-/m1/s1. The minimum atomic E-state index is -0.204. The van der Waals surface area contributed by atoms with Crippen LogP contribution in [0.2, 0.25) is 0 Å². The van der Waals surface area contributed by atoms with Gasteiger partial charge in [0.15, 0.2) is 10.8 Å². The van der Waals surface area contributed by atoms with Crippen LogP contribution in [-0.4, -0.2) is 31.1 Å². The van der Waals surface area contributed by atoms with Crippen LogP contribution >= 0.6 is 11.8 Å². The zero-order valence-electron chi connectivity index (χ0n) is 9.49. The molecule has 1 aliphatic rings. The van der Waals surface area contributed by atoms with Crippen LogP contribution in [0.1, 0.15) is 25.7 Å². The second-order valence-electron chi connectivity index (χ2n) is 4.42. The van der Waals surface area contributed by atoms with Crippen LogP contribution in [0, 0.1) is 0 Å². The Kier molecular flexibility index (Phi) is 3.03. The molecule has 2 aromatic rings. The van der Waals surface area contributed by atoms with E-state index in [1.165, 1.54) is 6.42 Å². The lowest BCUT2D eigenvalue weighted by Crippen LogP contribution is -2.26. The summed E-state index contributed by atoms with van der Waals surface area (Å²) in [5.74, 6) is 0. The Hall–Kier alpha value is -1.07. The quantitative estimate of drug-likeness (QED) is 0.885. The number of rotatable bonds is 2. The molecule has 1 fully saturated rings. The van der Waals surface area contributed by atoms with Crippen LogP contribution in [0.3, 0.4) is 0 Å². The fourth-order valence-electron chi connectivity index (χ4n) is 2.25. The van der Waals surface area contributed by atoms with E-state index in [9.17, 15) is 5.11 Å². The van der Waals surface area contributed by atoms with Gasteiger partial charge in [-0.3, -0.25) is 4.40 Å². The molecule has 0 radical (unpaired) electrons. The predicted octanol–water partition coefficient (Wildman–Crippen LogP) is 2.12. The van der Waals surface area contributed by atoms with Gasteiger partial charge in [-0.1, -0.05) is 30.7 Å². The van der Waals surface area contributed by atoms with Crippen molar-refractivity contribution in [2.45, 2.75) is 42.2 Å². The molecule has 0 amide bonds. The largest absolute Gasteiger partial charge is 0.392 e. The monoisotopic (exact) mass is 249 g/mol. The molecule has 5 heteroatoms. The molecule has 90 valence electrons. The van der Waals surface area contributed by atoms with E-state index in [4.69, 9.17) is 0 Å². The van der Waals surface area contributed by atoms with Crippen molar-refractivity contribution in [3.8, 4) is 0 Å². The number of aliphatic hydroxyl groups excluding tert-OH is 1. The van der Waals surface area contributed by atoms with Gasteiger partial charge in [-0.2, -0.15) is 0 Å². The second kappa shape index (κ2) is 4.66. The summed E-state index contributed by atoms with van der Waals surface area (Å²) >= 11 is 1.65. The highest BCUT2D eigenvalue weighted by Crippen LogP contribution is 2.32. The molecule has 0 aliphatic heterocycles. The van der Waals surface area contributed by atoms with E-state index in [0.717, 1.165) is 30.1 Å². The molecule has 1 aliphatic carbocycles. The lowest BCUT2D eigenvalue weighted by atomic mass is 9.97. The third kappa shape index (κ3) is 2.17. The van der Waals surface area contributed by atoms with E-state index >= 15 is 0 Å². The lowest BCUT2D eigenvalue weighted by molar-refractivity contribution is 0.137. The number of pyridine rings is 1. The highest BCUT2D eigenvalue weighted by Gasteiger charge is 2.25. The maximum Gasteiger partial charge on any atom is 0.195 e. The minimum absolute atomic E-state index is 0.204. The summed E-state index contributed by atoms with van der Waals surface area (Å²) in [5, 5.41) is 19.4. The molecule has 1 saturated carbocycles. The zero-order chi connectivity index (χ0) is 11.7. The highest BCUT2D eigenvalue weighted by atomic mass is 32.2. The Balaban J connectivity index is 1.84. The molecule has 0 unspecified atom stereocenters. The summed E-state index contributed by atoms with van der Waals surface area (Å²) in [6.07, 6.45) is 6.07. The van der Waals surface area contributed by atoms with Crippen molar-refractivity contribution in [2.75, 3.05) is 0 Å². The van der Waals surface area contributed by atoms with E-state index in [1.54, 1.807) is 11.8 Å². The van der Waals surface area contributed by atoms with Gasteiger partial charge in [-0.05, 0) is 25.0 Å². The number of aromatic nitrogens is 3. The average molecular weight is 249 g/mol. The number of thioether (sulfide) groups is 1. The van der Waals surface area contributed by atoms with Crippen molar-refractivity contribution in [3.05, 3.63) is 24.4 Å². The van der Waals surface area contributed by atoms with Gasteiger partial charge in [0.25, 0.3) is 0 Å². The van der Waals surface area contributed by atoms with Gasteiger partial charge in [0.1, 0.15) is 0 Å². The lowest BCUT2D eigenvalue weighted by Gasteiger charge is -2.26. The number of hydrogen-bond acceptors (Lipinski definition) is 4. The fraction of sp³-hybridized carbons (Fsp3) is 0.500. The molecule has 3 rings (SSSR count). The first-order valence-corrected chi connectivity index (χ1v) is 6.87. The van der Waals surface area contributed by atoms with Gasteiger partial charge in [-0.15, -0.1) is 10.2 Å². The van der Waals surface area contributed by atoms with Crippen LogP contribution in [0.4, 0.5) is 0 Å². The van der Waals surface area contributed by atoms with Crippen molar-refractivity contribution in [1.29, 1.82) is 0 Å². The molecule has 0 spiro atoms. The second-order valence-corrected chi connectivity index (χ2v) is 5.63. The maximum atomic E-state index is 9.96. The number of hydrogen-bond donors (Lipinski definition) is 1. The molecule has 2 heterocycles. The Morgan fingerprint density at radius 2 is 2.12 bits per heavy atom. The summed E-state index contributed by atoms with van der Waals surface area (Å²) in [4.78, 5) is 0. The first-order valence-electron chi connectivity index (χ1n) is 5.99. The summed E-state index contributed by atoms with van der Waals surface area (Å²) in [6, 6.07) is 5.86. The molecule has 0 bridgehead atoms. The zero-order valence-corrected chi connectivity index (χ0v) is 10.3. The summed E-state index contributed by atoms with van der Waals surface area (Å²) in [6.45, 7) is 0. The van der Waals surface area contributed by atoms with Crippen molar-refractivity contribution >= 4 is 17.4 Å². The molecule has 17 heavy (non-hydrogen) atoms. The molecular formula is C12H15N3OS. The van der Waals surface area contributed by atoms with Gasteiger partial charge >= 0.3 is 0 Å². The highest BCUT2D eigenvalue weighted by molar-refractivity contribution is 7.99. The summed E-state index contributed by atoms with van der Waals surface area (Å²) in [5.41, 5.74) is 0.861. The van der Waals surface area contributed by atoms with Gasteiger partial charge in [0.05, 0.1) is 6.10 Å². The van der Waals surface area contributed by atoms with E-state index in [2.05, 4.69) is 10.2 Å². The average Bonchev–Trinajstić information content (AvgIpc) is 2.76. The first kappa shape index (κ1) is 11.0. The Bertz CT molecular complexity index is 513. The fourth-order valence-corrected chi connectivity index (χ4v) is 3.45. The Labute approximate surface area is 104 Å².